The third-order valence-corrected chi connectivity index (χ3v) is 5.08. The van der Waals surface area contributed by atoms with Crippen LogP contribution in [0, 0.1) is 0 Å². The molecule has 0 atom stereocenters. The number of anilines is 1. The summed E-state index contributed by atoms with van der Waals surface area (Å²) in [7, 11) is 1.73. The van der Waals surface area contributed by atoms with Crippen LogP contribution in [0.15, 0.2) is 77.3 Å². The Balaban J connectivity index is 1.65. The van der Waals surface area contributed by atoms with Crippen LogP contribution in [0.2, 0.25) is 5.02 Å². The van der Waals surface area contributed by atoms with Gasteiger partial charge in [0.15, 0.2) is 6.61 Å². The van der Waals surface area contributed by atoms with Gasteiger partial charge in [-0.1, -0.05) is 70.0 Å². The van der Waals surface area contributed by atoms with Gasteiger partial charge in [-0.25, -0.2) is 0 Å². The predicted octanol–water partition coefficient (Wildman–Crippen LogP) is 5.39. The average Bonchev–Trinajstić information content (AvgIpc) is 2.73. The molecular formula is C23H20BrClN2O3. The first-order valence-electron chi connectivity index (χ1n) is 9.20. The Hall–Kier alpha value is -2.83. The smallest absolute Gasteiger partial charge is 0.262 e. The van der Waals surface area contributed by atoms with Crippen LogP contribution < -0.4 is 10.1 Å². The zero-order chi connectivity index (χ0) is 21.5. The van der Waals surface area contributed by atoms with E-state index in [4.69, 9.17) is 16.3 Å². The number of para-hydroxylation sites is 1. The van der Waals surface area contributed by atoms with E-state index < -0.39 is 0 Å². The molecule has 30 heavy (non-hydrogen) atoms. The fourth-order valence-corrected chi connectivity index (χ4v) is 3.56. The molecule has 0 unspecified atom stereocenters. The van der Waals surface area contributed by atoms with Crippen LogP contribution >= 0.6 is 27.5 Å². The molecule has 0 saturated carbocycles. The van der Waals surface area contributed by atoms with Gasteiger partial charge in [-0.3, -0.25) is 9.59 Å². The molecule has 1 N–H and O–H groups in total. The van der Waals surface area contributed by atoms with Gasteiger partial charge in [-0.05, 0) is 35.9 Å². The lowest BCUT2D eigenvalue weighted by atomic mass is 10.1. The van der Waals surface area contributed by atoms with Crippen LogP contribution in [-0.4, -0.2) is 30.4 Å². The molecule has 154 valence electrons. The van der Waals surface area contributed by atoms with E-state index in [2.05, 4.69) is 21.2 Å². The minimum absolute atomic E-state index is 0.188. The molecule has 0 heterocycles. The monoisotopic (exact) mass is 486 g/mol. The van der Waals surface area contributed by atoms with Gasteiger partial charge in [0.05, 0.1) is 16.3 Å². The van der Waals surface area contributed by atoms with Crippen molar-refractivity contribution in [3.63, 3.8) is 0 Å². The van der Waals surface area contributed by atoms with Crippen LogP contribution in [0.1, 0.15) is 15.9 Å². The first-order chi connectivity index (χ1) is 14.4. The second kappa shape index (κ2) is 10.3. The van der Waals surface area contributed by atoms with Crippen molar-refractivity contribution in [3.8, 4) is 5.75 Å². The lowest BCUT2D eigenvalue weighted by Gasteiger charge is -2.19. The molecule has 3 aromatic carbocycles. The second-order valence-electron chi connectivity index (χ2n) is 6.60. The maximum Gasteiger partial charge on any atom is 0.262 e. The number of amides is 2. The summed E-state index contributed by atoms with van der Waals surface area (Å²) in [5.41, 5.74) is 1.86. The topological polar surface area (TPSA) is 58.6 Å². The second-order valence-corrected chi connectivity index (χ2v) is 7.93. The number of benzene rings is 3. The van der Waals surface area contributed by atoms with Gasteiger partial charge in [0.25, 0.3) is 11.8 Å². The van der Waals surface area contributed by atoms with Crippen molar-refractivity contribution in [2.75, 3.05) is 19.0 Å². The Morgan fingerprint density at radius 3 is 2.47 bits per heavy atom. The Kier molecular flexibility index (Phi) is 7.49. The molecular weight excluding hydrogens is 468 g/mol. The number of rotatable bonds is 7. The minimum Gasteiger partial charge on any atom is -0.482 e. The molecule has 0 aromatic heterocycles. The van der Waals surface area contributed by atoms with Crippen LogP contribution in [0.5, 0.6) is 5.75 Å². The normalized spacial score (nSPS) is 10.4. The molecule has 0 aliphatic heterocycles. The van der Waals surface area contributed by atoms with Gasteiger partial charge in [0, 0.05) is 18.1 Å². The van der Waals surface area contributed by atoms with E-state index >= 15 is 0 Å². The molecule has 5 nitrogen and oxygen atoms in total. The van der Waals surface area contributed by atoms with Gasteiger partial charge in [-0.2, -0.15) is 0 Å². The molecule has 7 heteroatoms. The van der Waals surface area contributed by atoms with Crippen molar-refractivity contribution in [1.82, 2.24) is 4.90 Å². The summed E-state index contributed by atoms with van der Waals surface area (Å²) in [5, 5.41) is 3.15. The molecule has 0 spiro atoms. The van der Waals surface area contributed by atoms with E-state index in [1.54, 1.807) is 54.4 Å². The summed E-state index contributed by atoms with van der Waals surface area (Å²) >= 11 is 9.42. The highest BCUT2D eigenvalue weighted by atomic mass is 79.9. The Morgan fingerprint density at radius 2 is 1.73 bits per heavy atom. The van der Waals surface area contributed by atoms with Crippen molar-refractivity contribution in [2.45, 2.75) is 6.54 Å². The molecule has 0 radical (unpaired) electrons. The van der Waals surface area contributed by atoms with E-state index in [1.165, 1.54) is 0 Å². The number of hydrogen-bond donors (Lipinski definition) is 1. The highest BCUT2D eigenvalue weighted by molar-refractivity contribution is 9.10. The lowest BCUT2D eigenvalue weighted by molar-refractivity contribution is -0.118. The highest BCUT2D eigenvalue weighted by Gasteiger charge is 2.17. The standard InChI is InChI=1S/C23H20BrClN2O3/c1-27(14-16-7-3-2-4-8-16)23(29)18-9-5-6-10-20(18)26-22(28)15-30-21-12-11-17(24)13-19(21)25/h2-13H,14-15H2,1H3,(H,26,28). The lowest BCUT2D eigenvalue weighted by Crippen LogP contribution is -2.28. The van der Waals surface area contributed by atoms with Crippen molar-refractivity contribution < 1.29 is 14.3 Å². The fraction of sp³-hybridized carbons (Fsp3) is 0.130. The third kappa shape index (κ3) is 5.84. The molecule has 3 rings (SSSR count). The zero-order valence-corrected chi connectivity index (χ0v) is 18.6. The summed E-state index contributed by atoms with van der Waals surface area (Å²) in [6.45, 7) is 0.233. The van der Waals surface area contributed by atoms with Crippen LogP contribution in [0.4, 0.5) is 5.69 Å². The number of nitrogens with one attached hydrogen (secondary N) is 1. The summed E-state index contributed by atoms with van der Waals surface area (Å²) in [5.74, 6) is -0.173. The molecule has 0 saturated heterocycles. The van der Waals surface area contributed by atoms with Gasteiger partial charge < -0.3 is 15.0 Å². The van der Waals surface area contributed by atoms with Crippen molar-refractivity contribution in [3.05, 3.63) is 93.4 Å². The Bertz CT molecular complexity index is 1040. The molecule has 0 aliphatic carbocycles. The third-order valence-electron chi connectivity index (χ3n) is 4.29. The highest BCUT2D eigenvalue weighted by Crippen LogP contribution is 2.27. The number of ether oxygens (including phenoxy) is 1. The SMILES string of the molecule is CN(Cc1ccccc1)C(=O)c1ccccc1NC(=O)COc1ccc(Br)cc1Cl. The minimum atomic E-state index is -0.389. The van der Waals surface area contributed by atoms with E-state index in [-0.39, 0.29) is 18.4 Å². The molecule has 0 aliphatic rings. The van der Waals surface area contributed by atoms with Crippen molar-refractivity contribution >= 4 is 45.0 Å². The van der Waals surface area contributed by atoms with E-state index in [1.807, 2.05) is 30.3 Å². The largest absolute Gasteiger partial charge is 0.482 e. The summed E-state index contributed by atoms with van der Waals surface area (Å²) in [4.78, 5) is 26.9. The van der Waals surface area contributed by atoms with Crippen molar-refractivity contribution in [2.24, 2.45) is 0 Å². The summed E-state index contributed by atoms with van der Waals surface area (Å²) < 4.78 is 6.31. The van der Waals surface area contributed by atoms with Gasteiger partial charge in [-0.15, -0.1) is 0 Å². The van der Waals surface area contributed by atoms with Crippen molar-refractivity contribution in [1.29, 1.82) is 0 Å². The maximum absolute atomic E-state index is 12.9. The Labute approximate surface area is 188 Å². The number of hydrogen-bond acceptors (Lipinski definition) is 3. The zero-order valence-electron chi connectivity index (χ0n) is 16.3. The van der Waals surface area contributed by atoms with Crippen LogP contribution in [0.25, 0.3) is 0 Å². The average molecular weight is 488 g/mol. The molecule has 0 fully saturated rings. The molecule has 2 amide bonds. The quantitative estimate of drug-likeness (QED) is 0.486. The van der Waals surface area contributed by atoms with Crippen LogP contribution in [-0.2, 0) is 11.3 Å². The number of nitrogens with zero attached hydrogens (tertiary/aromatic N) is 1. The van der Waals surface area contributed by atoms with E-state index in [9.17, 15) is 9.59 Å². The Morgan fingerprint density at radius 1 is 1.03 bits per heavy atom. The predicted molar refractivity (Wildman–Crippen MR) is 122 cm³/mol. The first-order valence-corrected chi connectivity index (χ1v) is 10.4. The van der Waals surface area contributed by atoms with Crippen LogP contribution in [0.3, 0.4) is 0 Å². The molecule has 3 aromatic rings. The van der Waals surface area contributed by atoms with Gasteiger partial charge in [0.1, 0.15) is 5.75 Å². The van der Waals surface area contributed by atoms with Gasteiger partial charge >= 0.3 is 0 Å². The summed E-state index contributed by atoms with van der Waals surface area (Å²) in [6.07, 6.45) is 0. The van der Waals surface area contributed by atoms with Gasteiger partial charge in [0.2, 0.25) is 0 Å². The van der Waals surface area contributed by atoms with E-state index in [0.717, 1.165) is 10.0 Å². The number of carbonyl (C=O) groups excluding carboxylic acids is 2. The maximum atomic E-state index is 12.9. The number of halogens is 2. The number of carbonyl (C=O) groups is 2. The fourth-order valence-electron chi connectivity index (χ4n) is 2.84. The van der Waals surface area contributed by atoms with E-state index in [0.29, 0.717) is 28.6 Å². The summed E-state index contributed by atoms with van der Waals surface area (Å²) in [6, 6.07) is 21.7. The first kappa shape index (κ1) is 21.9. The molecule has 0 bridgehead atoms.